The van der Waals surface area contributed by atoms with E-state index in [2.05, 4.69) is 38.4 Å². The Labute approximate surface area is 135 Å². The molecule has 0 aliphatic heterocycles. The van der Waals surface area contributed by atoms with Gasteiger partial charge in [0, 0.05) is 0 Å². The van der Waals surface area contributed by atoms with E-state index in [1.54, 1.807) is 6.08 Å². The van der Waals surface area contributed by atoms with Crippen LogP contribution in [0.25, 0.3) is 11.6 Å². The van der Waals surface area contributed by atoms with Crippen molar-refractivity contribution in [2.75, 3.05) is 0 Å². The Kier molecular flexibility index (Phi) is 10.7. The summed E-state index contributed by atoms with van der Waals surface area (Å²) < 4.78 is 0. The van der Waals surface area contributed by atoms with Crippen molar-refractivity contribution in [3.63, 3.8) is 0 Å². The van der Waals surface area contributed by atoms with Crippen LogP contribution in [0.3, 0.4) is 0 Å². The van der Waals surface area contributed by atoms with Crippen LogP contribution in [0.15, 0.2) is 98.6 Å². The maximum atomic E-state index is 3.83. The molecule has 0 heterocycles. The molecular weight excluding hydrogens is 264 g/mol. The minimum Gasteiger partial charge on any atom is -0.0988 e. The van der Waals surface area contributed by atoms with Gasteiger partial charge in [0.15, 0.2) is 0 Å². The molecule has 0 nitrogen and oxygen atoms in total. The van der Waals surface area contributed by atoms with E-state index in [0.29, 0.717) is 0 Å². The van der Waals surface area contributed by atoms with Crippen LogP contribution < -0.4 is 0 Å². The van der Waals surface area contributed by atoms with Crippen LogP contribution >= 0.6 is 0 Å². The third-order valence-corrected chi connectivity index (χ3v) is 2.65. The van der Waals surface area contributed by atoms with Crippen LogP contribution in [0.2, 0.25) is 0 Å². The van der Waals surface area contributed by atoms with Crippen LogP contribution in [0.1, 0.15) is 25.0 Å². The summed E-state index contributed by atoms with van der Waals surface area (Å²) in [7, 11) is 0. The van der Waals surface area contributed by atoms with Crippen molar-refractivity contribution >= 4 is 11.6 Å². The van der Waals surface area contributed by atoms with Crippen molar-refractivity contribution in [2.45, 2.75) is 13.8 Å². The predicted molar refractivity (Wildman–Crippen MR) is 103 cm³/mol. The number of hydrogen-bond acceptors (Lipinski definition) is 0. The quantitative estimate of drug-likeness (QED) is 0.545. The topological polar surface area (TPSA) is 0 Å². The standard InChI is InChI=1S/C9H10.C8H8.C5H8/c1-8(2)9-6-4-3-5-7-9;1-2-8-6-4-3-5-7-8;1-4-5(2)3/h3-7H,1H2,2H3;2-7H,1H2;4H,1-2H2,3H3. The van der Waals surface area contributed by atoms with E-state index < -0.39 is 0 Å². The summed E-state index contributed by atoms with van der Waals surface area (Å²) in [6.45, 7) is 18.4. The minimum atomic E-state index is 1.02. The fourth-order valence-electron chi connectivity index (χ4n) is 1.31. The van der Waals surface area contributed by atoms with Crippen LogP contribution in [0.5, 0.6) is 0 Å². The largest absolute Gasteiger partial charge is 0.0988 e. The van der Waals surface area contributed by atoms with Crippen LogP contribution in [0, 0.1) is 0 Å². The Hall–Kier alpha value is -2.60. The van der Waals surface area contributed by atoms with Gasteiger partial charge in [-0.1, -0.05) is 110 Å². The zero-order chi connectivity index (χ0) is 16.8. The van der Waals surface area contributed by atoms with Crippen LogP contribution in [0.4, 0.5) is 0 Å². The molecule has 0 saturated carbocycles. The van der Waals surface area contributed by atoms with E-state index >= 15 is 0 Å². The molecule has 2 aromatic carbocycles. The molecule has 0 bridgehead atoms. The van der Waals surface area contributed by atoms with Gasteiger partial charge in [-0.15, -0.1) is 0 Å². The van der Waals surface area contributed by atoms with E-state index in [-0.39, 0.29) is 0 Å². The summed E-state index contributed by atoms with van der Waals surface area (Å²) in [5.74, 6) is 0. The Morgan fingerprint density at radius 1 is 0.773 bits per heavy atom. The molecule has 2 rings (SSSR count). The molecule has 0 aromatic heterocycles. The summed E-state index contributed by atoms with van der Waals surface area (Å²) >= 11 is 0. The lowest BCUT2D eigenvalue weighted by molar-refractivity contribution is 1.58. The zero-order valence-electron chi connectivity index (χ0n) is 13.8. The molecule has 0 atom stereocenters. The molecule has 22 heavy (non-hydrogen) atoms. The van der Waals surface area contributed by atoms with Crippen molar-refractivity contribution in [3.05, 3.63) is 110 Å². The molecule has 0 N–H and O–H groups in total. The zero-order valence-corrected chi connectivity index (χ0v) is 13.8. The number of rotatable bonds is 3. The normalized spacial score (nSPS) is 8.27. The van der Waals surface area contributed by atoms with Crippen LogP contribution in [-0.2, 0) is 0 Å². The molecule has 0 aliphatic carbocycles. The first-order chi connectivity index (χ1) is 10.5. The van der Waals surface area contributed by atoms with Gasteiger partial charge in [0.1, 0.15) is 0 Å². The van der Waals surface area contributed by atoms with Gasteiger partial charge in [0.25, 0.3) is 0 Å². The molecular formula is C22H26. The fraction of sp³-hybridized carbons (Fsp3) is 0.0909. The lowest BCUT2D eigenvalue weighted by Crippen LogP contribution is -1.72. The van der Waals surface area contributed by atoms with Crippen molar-refractivity contribution in [2.24, 2.45) is 0 Å². The number of benzene rings is 2. The second-order valence-electron chi connectivity index (χ2n) is 4.81. The first-order valence-corrected chi connectivity index (χ1v) is 7.17. The van der Waals surface area contributed by atoms with Crippen molar-refractivity contribution in [1.82, 2.24) is 0 Å². The van der Waals surface area contributed by atoms with Gasteiger partial charge in [-0.05, 0) is 25.0 Å². The highest BCUT2D eigenvalue weighted by molar-refractivity contribution is 5.60. The Morgan fingerprint density at radius 3 is 1.41 bits per heavy atom. The summed E-state index contributed by atoms with van der Waals surface area (Å²) in [5, 5.41) is 0. The van der Waals surface area contributed by atoms with Crippen molar-refractivity contribution in [1.29, 1.82) is 0 Å². The molecule has 0 fully saturated rings. The van der Waals surface area contributed by atoms with Crippen LogP contribution in [-0.4, -0.2) is 0 Å². The smallest absolute Gasteiger partial charge is 0.0233 e. The summed E-state index contributed by atoms with van der Waals surface area (Å²) in [6.07, 6.45) is 3.56. The van der Waals surface area contributed by atoms with Crippen molar-refractivity contribution in [3.8, 4) is 0 Å². The number of hydrogen-bond donors (Lipinski definition) is 0. The predicted octanol–water partition coefficient (Wildman–Crippen LogP) is 6.80. The van der Waals surface area contributed by atoms with E-state index in [4.69, 9.17) is 0 Å². The summed E-state index contributed by atoms with van der Waals surface area (Å²) in [6, 6.07) is 20.2. The maximum Gasteiger partial charge on any atom is -0.0233 e. The number of allylic oxidation sites excluding steroid dienone is 3. The first-order valence-electron chi connectivity index (χ1n) is 7.17. The SMILES string of the molecule is C=C(C)c1ccccc1.C=CC(=C)C.C=Cc1ccccc1. The lowest BCUT2D eigenvalue weighted by Gasteiger charge is -1.94. The van der Waals surface area contributed by atoms with Gasteiger partial charge in [-0.3, -0.25) is 0 Å². The van der Waals surface area contributed by atoms with Gasteiger partial charge >= 0.3 is 0 Å². The lowest BCUT2D eigenvalue weighted by atomic mass is 10.1. The molecule has 0 heteroatoms. The fourth-order valence-corrected chi connectivity index (χ4v) is 1.31. The average Bonchev–Trinajstić information content (AvgIpc) is 2.57. The molecule has 0 amide bonds. The summed E-state index contributed by atoms with van der Waals surface area (Å²) in [5.41, 5.74) is 4.53. The average molecular weight is 290 g/mol. The monoisotopic (exact) mass is 290 g/mol. The van der Waals surface area contributed by atoms with E-state index in [9.17, 15) is 0 Å². The third-order valence-electron chi connectivity index (χ3n) is 2.65. The molecule has 2 aromatic rings. The molecule has 114 valence electrons. The molecule has 0 spiro atoms. The Bertz CT molecular complexity index is 574. The van der Waals surface area contributed by atoms with Gasteiger partial charge < -0.3 is 0 Å². The first kappa shape index (κ1) is 19.4. The second-order valence-corrected chi connectivity index (χ2v) is 4.81. The van der Waals surface area contributed by atoms with Gasteiger partial charge in [0.05, 0.1) is 0 Å². The van der Waals surface area contributed by atoms with Gasteiger partial charge in [0.2, 0.25) is 0 Å². The Balaban J connectivity index is 0.000000315. The highest BCUT2D eigenvalue weighted by Crippen LogP contribution is 2.08. The minimum absolute atomic E-state index is 1.02. The van der Waals surface area contributed by atoms with E-state index in [0.717, 1.165) is 11.1 Å². The highest BCUT2D eigenvalue weighted by atomic mass is 13.9. The summed E-state index contributed by atoms with van der Waals surface area (Å²) in [4.78, 5) is 0. The van der Waals surface area contributed by atoms with Gasteiger partial charge in [-0.2, -0.15) is 0 Å². The van der Waals surface area contributed by atoms with E-state index in [1.165, 1.54) is 11.1 Å². The second kappa shape index (κ2) is 12.2. The third kappa shape index (κ3) is 10.2. The molecule has 0 saturated heterocycles. The maximum absolute atomic E-state index is 3.83. The molecule has 0 radical (unpaired) electrons. The molecule has 0 unspecified atom stereocenters. The van der Waals surface area contributed by atoms with Crippen molar-refractivity contribution < 1.29 is 0 Å². The highest BCUT2D eigenvalue weighted by Gasteiger charge is 1.86. The Morgan fingerprint density at radius 2 is 1.18 bits per heavy atom. The van der Waals surface area contributed by atoms with Gasteiger partial charge in [-0.25, -0.2) is 0 Å². The van der Waals surface area contributed by atoms with E-state index in [1.807, 2.05) is 68.5 Å². The molecule has 0 aliphatic rings.